The number of halogens is 1. The van der Waals surface area contributed by atoms with E-state index in [2.05, 4.69) is 0 Å². The lowest BCUT2D eigenvalue weighted by Gasteiger charge is -2.10. The molecule has 0 aliphatic heterocycles. The van der Waals surface area contributed by atoms with Crippen LogP contribution in [-0.2, 0) is 17.6 Å². The van der Waals surface area contributed by atoms with Gasteiger partial charge in [0.1, 0.15) is 11.6 Å². The fourth-order valence-electron chi connectivity index (χ4n) is 1.91. The van der Waals surface area contributed by atoms with E-state index < -0.39 is 11.8 Å². The van der Waals surface area contributed by atoms with E-state index in [1.807, 2.05) is 30.3 Å². The van der Waals surface area contributed by atoms with E-state index in [1.165, 1.54) is 18.2 Å². The van der Waals surface area contributed by atoms with Gasteiger partial charge in [0.05, 0.1) is 13.0 Å². The average Bonchev–Trinajstić information content (AvgIpc) is 2.42. The molecule has 0 radical (unpaired) electrons. The summed E-state index contributed by atoms with van der Waals surface area (Å²) in [7, 11) is 0. The zero-order chi connectivity index (χ0) is 14.4. The molecular formula is C16H15FO3. The highest BCUT2D eigenvalue weighted by Gasteiger charge is 2.09. The van der Waals surface area contributed by atoms with Crippen LogP contribution in [0, 0.1) is 5.82 Å². The molecular weight excluding hydrogens is 259 g/mol. The standard InChI is InChI=1S/C16H15FO3/c17-14-6-7-15(13(10-14)11-16(18)19)20-9-8-12-4-2-1-3-5-12/h1-7,10H,8-9,11H2,(H,18,19). The largest absolute Gasteiger partial charge is 0.493 e. The van der Waals surface area contributed by atoms with Crippen LogP contribution in [0.25, 0.3) is 0 Å². The van der Waals surface area contributed by atoms with Gasteiger partial charge in [0, 0.05) is 12.0 Å². The Hall–Kier alpha value is -2.36. The second-order valence-electron chi connectivity index (χ2n) is 4.41. The third kappa shape index (κ3) is 4.09. The predicted octanol–water partition coefficient (Wildman–Crippen LogP) is 3.07. The normalized spacial score (nSPS) is 10.2. The lowest BCUT2D eigenvalue weighted by molar-refractivity contribution is -0.136. The van der Waals surface area contributed by atoms with E-state index in [1.54, 1.807) is 0 Å². The summed E-state index contributed by atoms with van der Waals surface area (Å²) >= 11 is 0. The van der Waals surface area contributed by atoms with E-state index in [-0.39, 0.29) is 6.42 Å². The molecule has 0 unspecified atom stereocenters. The molecule has 0 amide bonds. The van der Waals surface area contributed by atoms with Crippen molar-refractivity contribution in [2.45, 2.75) is 12.8 Å². The van der Waals surface area contributed by atoms with Gasteiger partial charge in [-0.05, 0) is 23.8 Å². The molecule has 0 saturated heterocycles. The molecule has 0 bridgehead atoms. The Labute approximate surface area is 116 Å². The summed E-state index contributed by atoms with van der Waals surface area (Å²) < 4.78 is 18.7. The van der Waals surface area contributed by atoms with E-state index in [4.69, 9.17) is 9.84 Å². The maximum Gasteiger partial charge on any atom is 0.307 e. The van der Waals surface area contributed by atoms with Gasteiger partial charge in [-0.25, -0.2) is 4.39 Å². The Morgan fingerprint density at radius 2 is 1.90 bits per heavy atom. The SMILES string of the molecule is O=C(O)Cc1cc(F)ccc1OCCc1ccccc1. The molecule has 0 spiro atoms. The number of carboxylic acid groups (broad SMARTS) is 1. The molecule has 0 atom stereocenters. The number of carboxylic acids is 1. The highest BCUT2D eigenvalue weighted by Crippen LogP contribution is 2.20. The zero-order valence-electron chi connectivity index (χ0n) is 10.9. The molecule has 4 heteroatoms. The van der Waals surface area contributed by atoms with Gasteiger partial charge in [0.15, 0.2) is 0 Å². The van der Waals surface area contributed by atoms with E-state index in [9.17, 15) is 9.18 Å². The molecule has 2 aromatic rings. The van der Waals surface area contributed by atoms with Crippen LogP contribution in [0.15, 0.2) is 48.5 Å². The second-order valence-corrected chi connectivity index (χ2v) is 4.41. The number of carbonyl (C=O) groups is 1. The highest BCUT2D eigenvalue weighted by molar-refractivity contribution is 5.71. The van der Waals surface area contributed by atoms with Crippen LogP contribution >= 0.6 is 0 Å². The number of hydrogen-bond donors (Lipinski definition) is 1. The molecule has 2 rings (SSSR count). The van der Waals surface area contributed by atoms with Crippen LogP contribution in [0.5, 0.6) is 5.75 Å². The predicted molar refractivity (Wildman–Crippen MR) is 73.4 cm³/mol. The van der Waals surface area contributed by atoms with Crippen molar-refractivity contribution in [1.82, 2.24) is 0 Å². The van der Waals surface area contributed by atoms with Crippen LogP contribution in [0.1, 0.15) is 11.1 Å². The fourth-order valence-corrected chi connectivity index (χ4v) is 1.91. The van der Waals surface area contributed by atoms with Crippen molar-refractivity contribution >= 4 is 5.97 Å². The lowest BCUT2D eigenvalue weighted by atomic mass is 10.1. The minimum Gasteiger partial charge on any atom is -0.493 e. The first-order valence-corrected chi connectivity index (χ1v) is 6.32. The maximum atomic E-state index is 13.1. The number of rotatable bonds is 6. The summed E-state index contributed by atoms with van der Waals surface area (Å²) in [6.07, 6.45) is 0.461. The third-order valence-electron chi connectivity index (χ3n) is 2.86. The number of hydrogen-bond acceptors (Lipinski definition) is 2. The van der Waals surface area contributed by atoms with Gasteiger partial charge in [-0.2, -0.15) is 0 Å². The van der Waals surface area contributed by atoms with Gasteiger partial charge < -0.3 is 9.84 Å². The molecule has 0 saturated carbocycles. The first-order valence-electron chi connectivity index (χ1n) is 6.32. The summed E-state index contributed by atoms with van der Waals surface area (Å²) in [5.74, 6) is -1.05. The van der Waals surface area contributed by atoms with Crippen LogP contribution in [0.3, 0.4) is 0 Å². The first-order chi connectivity index (χ1) is 9.65. The minimum absolute atomic E-state index is 0.252. The molecule has 20 heavy (non-hydrogen) atoms. The summed E-state index contributed by atoms with van der Waals surface area (Å²) in [6, 6.07) is 13.8. The van der Waals surface area contributed by atoms with Crippen molar-refractivity contribution in [2.75, 3.05) is 6.61 Å². The number of aliphatic carboxylic acids is 1. The van der Waals surface area contributed by atoms with Crippen molar-refractivity contribution in [1.29, 1.82) is 0 Å². The summed E-state index contributed by atoms with van der Waals surface area (Å²) in [5, 5.41) is 8.81. The summed E-state index contributed by atoms with van der Waals surface area (Å²) in [4.78, 5) is 10.7. The molecule has 0 heterocycles. The fraction of sp³-hybridized carbons (Fsp3) is 0.188. The van der Waals surface area contributed by atoms with E-state index >= 15 is 0 Å². The van der Waals surface area contributed by atoms with Crippen molar-refractivity contribution in [3.63, 3.8) is 0 Å². The maximum absolute atomic E-state index is 13.1. The quantitative estimate of drug-likeness (QED) is 0.880. The zero-order valence-corrected chi connectivity index (χ0v) is 10.9. The topological polar surface area (TPSA) is 46.5 Å². The van der Waals surface area contributed by atoms with Gasteiger partial charge in [-0.3, -0.25) is 4.79 Å². The first kappa shape index (κ1) is 14.1. The van der Waals surface area contributed by atoms with Crippen molar-refractivity contribution in [3.05, 3.63) is 65.5 Å². The van der Waals surface area contributed by atoms with Gasteiger partial charge >= 0.3 is 5.97 Å². The second kappa shape index (κ2) is 6.70. The molecule has 104 valence electrons. The van der Waals surface area contributed by atoms with Crippen LogP contribution < -0.4 is 4.74 Å². The molecule has 0 aromatic heterocycles. The monoisotopic (exact) mass is 274 g/mol. The van der Waals surface area contributed by atoms with Gasteiger partial charge in [0.25, 0.3) is 0 Å². The Balaban J connectivity index is 2.00. The van der Waals surface area contributed by atoms with Crippen LogP contribution in [-0.4, -0.2) is 17.7 Å². The van der Waals surface area contributed by atoms with Crippen molar-refractivity contribution in [3.8, 4) is 5.75 Å². The van der Waals surface area contributed by atoms with Crippen LogP contribution in [0.2, 0.25) is 0 Å². The smallest absolute Gasteiger partial charge is 0.307 e. The molecule has 3 nitrogen and oxygen atoms in total. The molecule has 2 aromatic carbocycles. The lowest BCUT2D eigenvalue weighted by Crippen LogP contribution is -2.07. The van der Waals surface area contributed by atoms with E-state index in [0.29, 0.717) is 24.3 Å². The average molecular weight is 274 g/mol. The third-order valence-corrected chi connectivity index (χ3v) is 2.86. The minimum atomic E-state index is -1.01. The van der Waals surface area contributed by atoms with Gasteiger partial charge in [-0.15, -0.1) is 0 Å². The Bertz CT molecular complexity index is 582. The Morgan fingerprint density at radius 3 is 2.60 bits per heavy atom. The van der Waals surface area contributed by atoms with Crippen LogP contribution in [0.4, 0.5) is 4.39 Å². The molecule has 0 aliphatic carbocycles. The number of ether oxygens (including phenoxy) is 1. The van der Waals surface area contributed by atoms with Gasteiger partial charge in [0.2, 0.25) is 0 Å². The summed E-state index contributed by atoms with van der Waals surface area (Å²) in [5.41, 5.74) is 1.49. The van der Waals surface area contributed by atoms with E-state index in [0.717, 1.165) is 5.56 Å². The molecule has 0 fully saturated rings. The Morgan fingerprint density at radius 1 is 1.15 bits per heavy atom. The molecule has 1 N–H and O–H groups in total. The summed E-state index contributed by atoms with van der Waals surface area (Å²) in [6.45, 7) is 0.419. The number of benzene rings is 2. The van der Waals surface area contributed by atoms with Crippen molar-refractivity contribution < 1.29 is 19.0 Å². The van der Waals surface area contributed by atoms with Crippen molar-refractivity contribution in [2.24, 2.45) is 0 Å². The highest BCUT2D eigenvalue weighted by atomic mass is 19.1. The van der Waals surface area contributed by atoms with Gasteiger partial charge in [-0.1, -0.05) is 30.3 Å². The Kier molecular flexibility index (Phi) is 4.71. The molecule has 0 aliphatic rings.